The highest BCUT2D eigenvalue weighted by Gasteiger charge is 2.22. The number of benzene rings is 2. The Balaban J connectivity index is 1.80. The van der Waals surface area contributed by atoms with Crippen molar-refractivity contribution in [1.29, 1.82) is 0 Å². The predicted octanol–water partition coefficient (Wildman–Crippen LogP) is 4.23. The van der Waals surface area contributed by atoms with Crippen molar-refractivity contribution in [3.05, 3.63) is 59.2 Å². The average Bonchev–Trinajstić information content (AvgIpc) is 3.04. The second kappa shape index (κ2) is 8.50. The van der Waals surface area contributed by atoms with E-state index in [1.165, 1.54) is 18.7 Å². The summed E-state index contributed by atoms with van der Waals surface area (Å²) in [4.78, 5) is 28.5. The molecule has 0 saturated carbocycles. The van der Waals surface area contributed by atoms with Crippen LogP contribution in [-0.4, -0.2) is 29.1 Å². The quantitative estimate of drug-likeness (QED) is 0.541. The summed E-state index contributed by atoms with van der Waals surface area (Å²) in [7, 11) is 0. The summed E-state index contributed by atoms with van der Waals surface area (Å²) >= 11 is 7.75. The Morgan fingerprint density at radius 2 is 2.00 bits per heavy atom. The molecule has 0 saturated heterocycles. The van der Waals surface area contributed by atoms with Gasteiger partial charge < -0.3 is 15.6 Å². The first kappa shape index (κ1) is 19.3. The van der Waals surface area contributed by atoms with Crippen molar-refractivity contribution in [2.45, 2.75) is 24.3 Å². The lowest BCUT2D eigenvalue weighted by atomic mass is 10.0. The van der Waals surface area contributed by atoms with Gasteiger partial charge in [0.25, 0.3) is 0 Å². The number of para-hydroxylation sites is 1. The summed E-state index contributed by atoms with van der Waals surface area (Å²) in [6.45, 7) is 1.40. The van der Waals surface area contributed by atoms with Crippen LogP contribution in [-0.2, 0) is 16.0 Å². The van der Waals surface area contributed by atoms with Gasteiger partial charge in [-0.05, 0) is 36.1 Å². The Morgan fingerprint density at radius 1 is 1.22 bits per heavy atom. The lowest BCUT2D eigenvalue weighted by Crippen LogP contribution is -2.44. The number of aromatic nitrogens is 1. The minimum absolute atomic E-state index is 0.259. The summed E-state index contributed by atoms with van der Waals surface area (Å²) < 4.78 is 0. The van der Waals surface area contributed by atoms with Crippen molar-refractivity contribution in [3.63, 3.8) is 0 Å². The van der Waals surface area contributed by atoms with Crippen LogP contribution in [0.25, 0.3) is 10.9 Å². The average molecular weight is 402 g/mol. The second-order valence-electron chi connectivity index (χ2n) is 6.16. The summed E-state index contributed by atoms with van der Waals surface area (Å²) in [6, 6.07) is 12.5. The van der Waals surface area contributed by atoms with E-state index in [1.807, 2.05) is 42.8 Å². The molecule has 1 aromatic heterocycles. The number of fused-ring (bicyclic) bond motifs is 1. The molecule has 3 N–H and O–H groups in total. The van der Waals surface area contributed by atoms with E-state index in [-0.39, 0.29) is 11.8 Å². The number of anilines is 1. The molecule has 1 atom stereocenters. The number of hydrogen-bond donors (Lipinski definition) is 3. The van der Waals surface area contributed by atoms with Crippen LogP contribution < -0.4 is 10.6 Å². The maximum absolute atomic E-state index is 12.8. The minimum atomic E-state index is -0.694. The van der Waals surface area contributed by atoms with Gasteiger partial charge in [-0.25, -0.2) is 0 Å². The number of rotatable bonds is 6. The molecule has 0 fully saturated rings. The Morgan fingerprint density at radius 3 is 2.70 bits per heavy atom. The molecule has 27 heavy (non-hydrogen) atoms. The van der Waals surface area contributed by atoms with E-state index in [1.54, 1.807) is 12.1 Å². The van der Waals surface area contributed by atoms with E-state index in [0.29, 0.717) is 17.1 Å². The third-order valence-corrected chi connectivity index (χ3v) is 5.43. The zero-order valence-corrected chi connectivity index (χ0v) is 16.6. The smallest absolute Gasteiger partial charge is 0.247 e. The van der Waals surface area contributed by atoms with Gasteiger partial charge in [-0.15, -0.1) is 11.8 Å². The van der Waals surface area contributed by atoms with Gasteiger partial charge in [-0.1, -0.05) is 29.8 Å². The number of halogens is 1. The molecule has 0 aliphatic carbocycles. The van der Waals surface area contributed by atoms with Gasteiger partial charge >= 0.3 is 0 Å². The summed E-state index contributed by atoms with van der Waals surface area (Å²) in [5.41, 5.74) is 2.56. The van der Waals surface area contributed by atoms with Crippen molar-refractivity contribution in [3.8, 4) is 0 Å². The number of hydrogen-bond acceptors (Lipinski definition) is 3. The van der Waals surface area contributed by atoms with Gasteiger partial charge in [-0.3, -0.25) is 9.59 Å². The lowest BCUT2D eigenvalue weighted by Gasteiger charge is -2.18. The number of thioether (sulfide) groups is 1. The highest BCUT2D eigenvalue weighted by molar-refractivity contribution is 7.98. The topological polar surface area (TPSA) is 74.0 Å². The van der Waals surface area contributed by atoms with Crippen LogP contribution >= 0.6 is 23.4 Å². The van der Waals surface area contributed by atoms with E-state index >= 15 is 0 Å². The molecule has 2 aromatic carbocycles. The zero-order valence-electron chi connectivity index (χ0n) is 15.0. The van der Waals surface area contributed by atoms with Crippen molar-refractivity contribution < 1.29 is 9.59 Å². The largest absolute Gasteiger partial charge is 0.361 e. The number of aromatic amines is 1. The molecule has 0 spiro atoms. The van der Waals surface area contributed by atoms with Gasteiger partial charge in [0.2, 0.25) is 11.8 Å². The molecular weight excluding hydrogens is 382 g/mol. The molecule has 0 unspecified atom stereocenters. The molecule has 3 rings (SSSR count). The van der Waals surface area contributed by atoms with E-state index in [2.05, 4.69) is 15.6 Å². The predicted molar refractivity (Wildman–Crippen MR) is 111 cm³/mol. The fourth-order valence-electron chi connectivity index (χ4n) is 2.95. The van der Waals surface area contributed by atoms with Gasteiger partial charge in [0.1, 0.15) is 6.04 Å². The van der Waals surface area contributed by atoms with Crippen LogP contribution in [0, 0.1) is 0 Å². The number of carbonyl (C=O) groups excluding carboxylic acids is 2. The fraction of sp³-hybridized carbons (Fsp3) is 0.200. The van der Waals surface area contributed by atoms with E-state index in [0.717, 1.165) is 21.4 Å². The second-order valence-corrected chi connectivity index (χ2v) is 7.41. The van der Waals surface area contributed by atoms with Gasteiger partial charge in [0.15, 0.2) is 0 Å². The first-order valence-electron chi connectivity index (χ1n) is 8.44. The number of H-pyrrole nitrogens is 1. The van der Waals surface area contributed by atoms with Crippen LogP contribution in [0.2, 0.25) is 5.02 Å². The Hall–Kier alpha value is -2.44. The zero-order chi connectivity index (χ0) is 19.4. The third kappa shape index (κ3) is 4.64. The fourth-order valence-corrected chi connectivity index (χ4v) is 3.82. The lowest BCUT2D eigenvalue weighted by molar-refractivity contribution is -0.125. The number of carbonyl (C=O) groups is 2. The SMILES string of the molecule is CSc1ccc(NC(=O)[C@H](Cc2c[nH]c3ccccc23)NC(C)=O)cc1Cl. The van der Waals surface area contributed by atoms with Crippen LogP contribution in [0.4, 0.5) is 5.69 Å². The van der Waals surface area contributed by atoms with Crippen molar-refractivity contribution in [2.75, 3.05) is 11.6 Å². The van der Waals surface area contributed by atoms with Gasteiger partial charge in [0.05, 0.1) is 5.02 Å². The monoisotopic (exact) mass is 401 g/mol. The summed E-state index contributed by atoms with van der Waals surface area (Å²) in [6.07, 6.45) is 4.19. The van der Waals surface area contributed by atoms with Crippen molar-refractivity contribution in [1.82, 2.24) is 10.3 Å². The molecule has 1 heterocycles. The van der Waals surface area contributed by atoms with E-state index in [9.17, 15) is 9.59 Å². The van der Waals surface area contributed by atoms with Gasteiger partial charge in [0, 0.05) is 41.0 Å². The normalized spacial score (nSPS) is 12.0. The molecule has 0 aliphatic rings. The van der Waals surface area contributed by atoms with E-state index < -0.39 is 6.04 Å². The molecule has 140 valence electrons. The van der Waals surface area contributed by atoms with Crippen molar-refractivity contribution in [2.24, 2.45) is 0 Å². The highest BCUT2D eigenvalue weighted by Crippen LogP contribution is 2.28. The molecule has 0 bridgehead atoms. The maximum Gasteiger partial charge on any atom is 0.247 e. The molecular formula is C20H20ClN3O2S. The Labute approximate surface area is 166 Å². The first-order chi connectivity index (χ1) is 13.0. The molecule has 0 aliphatic heterocycles. The maximum atomic E-state index is 12.8. The molecule has 2 amide bonds. The molecule has 7 heteroatoms. The first-order valence-corrected chi connectivity index (χ1v) is 10.0. The van der Waals surface area contributed by atoms with Crippen LogP contribution in [0.5, 0.6) is 0 Å². The third-order valence-electron chi connectivity index (χ3n) is 4.21. The van der Waals surface area contributed by atoms with Crippen molar-refractivity contribution >= 4 is 51.8 Å². The minimum Gasteiger partial charge on any atom is -0.361 e. The van der Waals surface area contributed by atoms with E-state index in [4.69, 9.17) is 11.6 Å². The Bertz CT molecular complexity index is 986. The Kier molecular flexibility index (Phi) is 6.08. The van der Waals surface area contributed by atoms with Crippen LogP contribution in [0.1, 0.15) is 12.5 Å². The van der Waals surface area contributed by atoms with Gasteiger partial charge in [-0.2, -0.15) is 0 Å². The summed E-state index contributed by atoms with van der Waals surface area (Å²) in [5.74, 6) is -0.547. The van der Waals surface area contributed by atoms with Crippen LogP contribution in [0.15, 0.2) is 53.6 Å². The molecule has 3 aromatic rings. The number of amides is 2. The number of nitrogens with one attached hydrogen (secondary N) is 3. The van der Waals surface area contributed by atoms with Crippen LogP contribution in [0.3, 0.4) is 0 Å². The summed E-state index contributed by atoms with van der Waals surface area (Å²) in [5, 5.41) is 7.19. The molecule has 0 radical (unpaired) electrons. The standard InChI is InChI=1S/C20H20ClN3O2S/c1-12(25)23-18(9-13-11-22-17-6-4-3-5-15(13)17)20(26)24-14-7-8-19(27-2)16(21)10-14/h3-8,10-11,18,22H,9H2,1-2H3,(H,23,25)(H,24,26)/t18-/m0/s1. The molecule has 5 nitrogen and oxygen atoms in total. The highest BCUT2D eigenvalue weighted by atomic mass is 35.5.